The zero-order valence-electron chi connectivity index (χ0n) is 6.65. The number of hydrazone groups is 1. The van der Waals surface area contributed by atoms with Gasteiger partial charge in [0.05, 0.1) is 6.21 Å². The number of hydrogen-bond acceptors (Lipinski definition) is 4. The molecule has 0 unspecified atom stereocenters. The zero-order valence-corrected chi connectivity index (χ0v) is 6.65. The maximum absolute atomic E-state index is 9.07. The monoisotopic (exact) mass is 166 g/mol. The van der Waals surface area contributed by atoms with Gasteiger partial charge < -0.3 is 15.6 Å². The van der Waals surface area contributed by atoms with Gasteiger partial charge in [0.1, 0.15) is 0 Å². The van der Waals surface area contributed by atoms with Gasteiger partial charge in [-0.05, 0) is 23.8 Å². The first-order valence-corrected chi connectivity index (χ1v) is 3.46. The summed E-state index contributed by atoms with van der Waals surface area (Å²) >= 11 is 0. The second-order valence-corrected chi connectivity index (χ2v) is 2.23. The molecule has 0 aliphatic heterocycles. The fraction of sp³-hybridized carbons (Fsp3) is 0.125. The van der Waals surface area contributed by atoms with Crippen LogP contribution in [0.3, 0.4) is 0 Å². The summed E-state index contributed by atoms with van der Waals surface area (Å²) < 4.78 is 0. The Bertz CT molecular complexity index is 297. The maximum atomic E-state index is 9.07. The van der Waals surface area contributed by atoms with Crippen LogP contribution >= 0.6 is 0 Å². The van der Waals surface area contributed by atoms with E-state index in [4.69, 9.17) is 10.2 Å². The van der Waals surface area contributed by atoms with Crippen LogP contribution in [-0.4, -0.2) is 23.5 Å². The van der Waals surface area contributed by atoms with E-state index in [1.165, 1.54) is 12.1 Å². The third kappa shape index (κ3) is 1.88. The molecule has 0 radical (unpaired) electrons. The molecule has 0 atom stereocenters. The van der Waals surface area contributed by atoms with Gasteiger partial charge in [-0.2, -0.15) is 5.10 Å². The highest BCUT2D eigenvalue weighted by molar-refractivity contribution is 5.80. The molecule has 0 saturated carbocycles. The highest BCUT2D eigenvalue weighted by Crippen LogP contribution is 2.23. The van der Waals surface area contributed by atoms with Crippen molar-refractivity contribution in [2.75, 3.05) is 7.05 Å². The number of nitrogens with one attached hydrogen (secondary N) is 1. The van der Waals surface area contributed by atoms with Gasteiger partial charge in [-0.3, -0.25) is 0 Å². The van der Waals surface area contributed by atoms with Crippen LogP contribution in [0.5, 0.6) is 11.5 Å². The summed E-state index contributed by atoms with van der Waals surface area (Å²) in [5.41, 5.74) is 3.30. The minimum absolute atomic E-state index is 0.128. The summed E-state index contributed by atoms with van der Waals surface area (Å²) in [6, 6.07) is 4.48. The normalized spacial score (nSPS) is 10.4. The molecule has 4 heteroatoms. The summed E-state index contributed by atoms with van der Waals surface area (Å²) in [6.07, 6.45) is 1.54. The van der Waals surface area contributed by atoms with Crippen LogP contribution in [0.1, 0.15) is 5.56 Å². The summed E-state index contributed by atoms with van der Waals surface area (Å²) in [6.45, 7) is 0. The van der Waals surface area contributed by atoms with E-state index in [1.807, 2.05) is 0 Å². The minimum Gasteiger partial charge on any atom is -0.504 e. The van der Waals surface area contributed by atoms with Crippen molar-refractivity contribution in [3.8, 4) is 11.5 Å². The molecule has 1 aromatic rings. The molecule has 4 nitrogen and oxygen atoms in total. The molecule has 1 aromatic carbocycles. The topological polar surface area (TPSA) is 64.9 Å². The van der Waals surface area contributed by atoms with Crippen molar-refractivity contribution in [1.82, 2.24) is 5.43 Å². The number of rotatable bonds is 2. The number of nitrogens with zero attached hydrogens (tertiary/aromatic N) is 1. The number of phenols is 2. The number of aromatic hydroxyl groups is 2. The molecule has 12 heavy (non-hydrogen) atoms. The van der Waals surface area contributed by atoms with Crippen LogP contribution in [0.2, 0.25) is 0 Å². The Morgan fingerprint density at radius 2 is 2.08 bits per heavy atom. The third-order valence-corrected chi connectivity index (χ3v) is 1.34. The molecule has 0 aromatic heterocycles. The van der Waals surface area contributed by atoms with E-state index >= 15 is 0 Å². The third-order valence-electron chi connectivity index (χ3n) is 1.34. The number of hydrogen-bond donors (Lipinski definition) is 3. The molecule has 3 N–H and O–H groups in total. The van der Waals surface area contributed by atoms with E-state index in [0.717, 1.165) is 5.56 Å². The smallest absolute Gasteiger partial charge is 0.158 e. The lowest BCUT2D eigenvalue weighted by atomic mass is 10.2. The Kier molecular flexibility index (Phi) is 2.53. The second-order valence-electron chi connectivity index (χ2n) is 2.23. The summed E-state index contributed by atoms with van der Waals surface area (Å²) in [4.78, 5) is 0. The average molecular weight is 166 g/mol. The van der Waals surface area contributed by atoms with Crippen molar-refractivity contribution in [1.29, 1.82) is 0 Å². The van der Waals surface area contributed by atoms with Gasteiger partial charge in [-0.15, -0.1) is 0 Å². The SMILES string of the molecule is CN/N=C/c1ccc(O)c(O)c1. The molecule has 0 fully saturated rings. The summed E-state index contributed by atoms with van der Waals surface area (Å²) in [5, 5.41) is 21.8. The highest BCUT2D eigenvalue weighted by atomic mass is 16.3. The van der Waals surface area contributed by atoms with Crippen molar-refractivity contribution in [2.45, 2.75) is 0 Å². The molecule has 0 bridgehead atoms. The van der Waals surface area contributed by atoms with Crippen LogP contribution in [0.15, 0.2) is 23.3 Å². The Balaban J connectivity index is 2.89. The molecule has 0 amide bonds. The van der Waals surface area contributed by atoms with E-state index in [1.54, 1.807) is 19.3 Å². The highest BCUT2D eigenvalue weighted by Gasteiger charge is 1.97. The molecule has 1 rings (SSSR count). The molecular weight excluding hydrogens is 156 g/mol. The van der Waals surface area contributed by atoms with E-state index < -0.39 is 0 Å². The van der Waals surface area contributed by atoms with Gasteiger partial charge in [-0.1, -0.05) is 0 Å². The lowest BCUT2D eigenvalue weighted by Crippen LogP contribution is -1.94. The molecule has 0 aliphatic carbocycles. The van der Waals surface area contributed by atoms with Crippen LogP contribution in [0, 0.1) is 0 Å². The predicted octanol–water partition coefficient (Wildman–Crippen LogP) is 0.651. The standard InChI is InChI=1S/C8H10N2O2/c1-9-10-5-6-2-3-7(11)8(12)4-6/h2-5,9,11-12H,1H3/b10-5+. The van der Waals surface area contributed by atoms with Crippen molar-refractivity contribution in [3.05, 3.63) is 23.8 Å². The van der Waals surface area contributed by atoms with Crippen LogP contribution in [-0.2, 0) is 0 Å². The minimum atomic E-state index is -0.143. The maximum Gasteiger partial charge on any atom is 0.158 e. The average Bonchev–Trinajstić information content (AvgIpc) is 2.07. The lowest BCUT2D eigenvalue weighted by Gasteiger charge is -1.97. The quantitative estimate of drug-likeness (QED) is 0.343. The largest absolute Gasteiger partial charge is 0.504 e. The van der Waals surface area contributed by atoms with Gasteiger partial charge in [0.15, 0.2) is 11.5 Å². The van der Waals surface area contributed by atoms with E-state index in [-0.39, 0.29) is 11.5 Å². The first kappa shape index (κ1) is 8.39. The van der Waals surface area contributed by atoms with E-state index in [0.29, 0.717) is 0 Å². The van der Waals surface area contributed by atoms with Crippen LogP contribution in [0.4, 0.5) is 0 Å². The first-order chi connectivity index (χ1) is 5.74. The molecule has 0 heterocycles. The van der Waals surface area contributed by atoms with Crippen molar-refractivity contribution in [2.24, 2.45) is 5.10 Å². The zero-order chi connectivity index (χ0) is 8.97. The Labute approximate surface area is 70.2 Å². The van der Waals surface area contributed by atoms with Crippen LogP contribution < -0.4 is 5.43 Å². The molecule has 64 valence electrons. The summed E-state index contributed by atoms with van der Waals surface area (Å²) in [7, 11) is 1.68. The molecular formula is C8H10N2O2. The molecule has 0 aliphatic rings. The number of benzene rings is 1. The Hall–Kier alpha value is -1.71. The van der Waals surface area contributed by atoms with Crippen molar-refractivity contribution >= 4 is 6.21 Å². The van der Waals surface area contributed by atoms with Crippen molar-refractivity contribution in [3.63, 3.8) is 0 Å². The van der Waals surface area contributed by atoms with Gasteiger partial charge in [0.2, 0.25) is 0 Å². The Morgan fingerprint density at radius 3 is 2.67 bits per heavy atom. The number of phenolic OH excluding ortho intramolecular Hbond substituents is 2. The fourth-order valence-electron chi connectivity index (χ4n) is 0.760. The summed E-state index contributed by atoms with van der Waals surface area (Å²) in [5.74, 6) is -0.272. The second kappa shape index (κ2) is 3.61. The van der Waals surface area contributed by atoms with Gasteiger partial charge >= 0.3 is 0 Å². The van der Waals surface area contributed by atoms with Gasteiger partial charge in [-0.25, -0.2) is 0 Å². The van der Waals surface area contributed by atoms with Crippen molar-refractivity contribution < 1.29 is 10.2 Å². The lowest BCUT2D eigenvalue weighted by molar-refractivity contribution is 0.403. The predicted molar refractivity (Wildman–Crippen MR) is 46.4 cm³/mol. The molecule has 0 saturated heterocycles. The van der Waals surface area contributed by atoms with E-state index in [9.17, 15) is 0 Å². The van der Waals surface area contributed by atoms with Crippen LogP contribution in [0.25, 0.3) is 0 Å². The first-order valence-electron chi connectivity index (χ1n) is 3.46. The Morgan fingerprint density at radius 1 is 1.33 bits per heavy atom. The van der Waals surface area contributed by atoms with E-state index in [2.05, 4.69) is 10.5 Å². The van der Waals surface area contributed by atoms with Gasteiger partial charge in [0, 0.05) is 7.05 Å². The van der Waals surface area contributed by atoms with Gasteiger partial charge in [0.25, 0.3) is 0 Å². The fourth-order valence-corrected chi connectivity index (χ4v) is 0.760. The molecule has 0 spiro atoms.